The van der Waals surface area contributed by atoms with Crippen LogP contribution in [0.15, 0.2) is 0 Å². The Morgan fingerprint density at radius 3 is 2.12 bits per heavy atom. The molecule has 1 saturated heterocycles. The number of likely N-dealkylation sites (tertiary alicyclic amines) is 1. The van der Waals surface area contributed by atoms with Crippen LogP contribution in [0.2, 0.25) is 0 Å². The molecule has 0 amide bonds. The van der Waals surface area contributed by atoms with Gasteiger partial charge >= 0.3 is 0 Å². The number of nitrogens with two attached hydrogens (primary N) is 1. The van der Waals surface area contributed by atoms with Crippen molar-refractivity contribution in [3.63, 3.8) is 0 Å². The van der Waals surface area contributed by atoms with Crippen molar-refractivity contribution >= 4 is 0 Å². The van der Waals surface area contributed by atoms with E-state index in [1.54, 1.807) is 0 Å². The minimum Gasteiger partial charge on any atom is -0.330 e. The lowest BCUT2D eigenvalue weighted by Gasteiger charge is -2.36. The molecule has 1 unspecified atom stereocenters. The minimum atomic E-state index is 0.700. The Labute approximate surface area is 108 Å². The first-order valence-corrected chi connectivity index (χ1v) is 7.45. The van der Waals surface area contributed by atoms with E-state index in [-0.39, 0.29) is 0 Å². The van der Waals surface area contributed by atoms with Gasteiger partial charge in [-0.1, -0.05) is 27.7 Å². The molecule has 0 aromatic rings. The number of rotatable bonds is 6. The van der Waals surface area contributed by atoms with Crippen molar-refractivity contribution in [2.75, 3.05) is 26.2 Å². The van der Waals surface area contributed by atoms with E-state index in [0.29, 0.717) is 5.92 Å². The maximum Gasteiger partial charge on any atom is 0.00218 e. The first-order chi connectivity index (χ1) is 8.02. The molecule has 0 aliphatic carbocycles. The van der Waals surface area contributed by atoms with Crippen molar-refractivity contribution in [2.24, 2.45) is 29.4 Å². The third kappa shape index (κ3) is 5.39. The van der Waals surface area contributed by atoms with Gasteiger partial charge in [0.1, 0.15) is 0 Å². The number of hydrogen-bond donors (Lipinski definition) is 1. The van der Waals surface area contributed by atoms with E-state index in [9.17, 15) is 0 Å². The van der Waals surface area contributed by atoms with Crippen LogP contribution in [-0.4, -0.2) is 31.1 Å². The van der Waals surface area contributed by atoms with Gasteiger partial charge in [-0.25, -0.2) is 0 Å². The van der Waals surface area contributed by atoms with Crippen LogP contribution in [0.4, 0.5) is 0 Å². The van der Waals surface area contributed by atoms with E-state index < -0.39 is 0 Å². The Kier molecular flexibility index (Phi) is 6.50. The van der Waals surface area contributed by atoms with Crippen LogP contribution < -0.4 is 5.73 Å². The molecular weight excluding hydrogens is 208 g/mol. The predicted molar refractivity (Wildman–Crippen MR) is 76.0 cm³/mol. The Balaban J connectivity index is 2.28. The van der Waals surface area contributed by atoms with Crippen molar-refractivity contribution < 1.29 is 0 Å². The van der Waals surface area contributed by atoms with Crippen LogP contribution in [0.1, 0.15) is 47.0 Å². The fraction of sp³-hybridized carbons (Fsp3) is 1.00. The monoisotopic (exact) mass is 240 g/mol. The van der Waals surface area contributed by atoms with E-state index in [1.807, 2.05) is 0 Å². The molecule has 0 saturated carbocycles. The second-order valence-electron chi connectivity index (χ2n) is 6.61. The van der Waals surface area contributed by atoms with Gasteiger partial charge in [0.15, 0.2) is 0 Å². The minimum absolute atomic E-state index is 0.700. The van der Waals surface area contributed by atoms with Gasteiger partial charge in [0, 0.05) is 6.54 Å². The number of hydrogen-bond acceptors (Lipinski definition) is 2. The summed E-state index contributed by atoms with van der Waals surface area (Å²) in [6.07, 6.45) is 4.05. The zero-order valence-electron chi connectivity index (χ0n) is 12.3. The molecule has 2 heteroatoms. The molecule has 2 N–H and O–H groups in total. The van der Waals surface area contributed by atoms with E-state index in [4.69, 9.17) is 5.73 Å². The van der Waals surface area contributed by atoms with Gasteiger partial charge in [-0.05, 0) is 62.6 Å². The number of piperidine rings is 1. The highest BCUT2D eigenvalue weighted by molar-refractivity contribution is 4.76. The Bertz CT molecular complexity index is 193. The van der Waals surface area contributed by atoms with E-state index >= 15 is 0 Å². The number of nitrogens with zero attached hydrogens (tertiary/aromatic N) is 1. The summed E-state index contributed by atoms with van der Waals surface area (Å²) in [5.41, 5.74) is 5.89. The average molecular weight is 240 g/mol. The van der Waals surface area contributed by atoms with Gasteiger partial charge in [-0.15, -0.1) is 0 Å². The Hall–Kier alpha value is -0.0800. The first kappa shape index (κ1) is 15.0. The van der Waals surface area contributed by atoms with Crippen molar-refractivity contribution in [1.29, 1.82) is 0 Å². The van der Waals surface area contributed by atoms with Gasteiger partial charge in [-0.2, -0.15) is 0 Å². The summed E-state index contributed by atoms with van der Waals surface area (Å²) in [5, 5.41) is 0. The predicted octanol–water partition coefficient (Wildman–Crippen LogP) is 2.98. The van der Waals surface area contributed by atoms with Gasteiger partial charge in [0.2, 0.25) is 0 Å². The third-order valence-electron chi connectivity index (χ3n) is 4.23. The molecule has 0 aromatic carbocycles. The molecule has 1 fully saturated rings. The van der Waals surface area contributed by atoms with Gasteiger partial charge < -0.3 is 10.6 Å². The van der Waals surface area contributed by atoms with Crippen LogP contribution in [0.25, 0.3) is 0 Å². The zero-order valence-corrected chi connectivity index (χ0v) is 12.3. The smallest absolute Gasteiger partial charge is 0.00218 e. The lowest BCUT2D eigenvalue weighted by molar-refractivity contribution is 0.135. The van der Waals surface area contributed by atoms with Crippen LogP contribution in [0.5, 0.6) is 0 Å². The highest BCUT2D eigenvalue weighted by atomic mass is 15.1. The molecule has 17 heavy (non-hydrogen) atoms. The first-order valence-electron chi connectivity index (χ1n) is 7.45. The summed E-state index contributed by atoms with van der Waals surface area (Å²) in [6, 6.07) is 0. The molecule has 0 aromatic heterocycles. The van der Waals surface area contributed by atoms with E-state index in [0.717, 1.165) is 24.3 Å². The van der Waals surface area contributed by atoms with Gasteiger partial charge in [0.25, 0.3) is 0 Å². The van der Waals surface area contributed by atoms with Crippen LogP contribution in [-0.2, 0) is 0 Å². The fourth-order valence-corrected chi connectivity index (χ4v) is 3.08. The molecule has 102 valence electrons. The van der Waals surface area contributed by atoms with Crippen molar-refractivity contribution in [1.82, 2.24) is 4.90 Å². The molecule has 1 aliphatic heterocycles. The lowest BCUT2D eigenvalue weighted by atomic mass is 9.86. The highest BCUT2D eigenvalue weighted by Crippen LogP contribution is 2.25. The van der Waals surface area contributed by atoms with E-state index in [2.05, 4.69) is 32.6 Å². The summed E-state index contributed by atoms with van der Waals surface area (Å²) < 4.78 is 0. The molecular formula is C15H32N2. The third-order valence-corrected chi connectivity index (χ3v) is 4.23. The van der Waals surface area contributed by atoms with Crippen molar-refractivity contribution in [3.05, 3.63) is 0 Å². The second kappa shape index (κ2) is 7.38. The maximum absolute atomic E-state index is 5.89. The van der Waals surface area contributed by atoms with Crippen LogP contribution in [0.3, 0.4) is 0 Å². The summed E-state index contributed by atoms with van der Waals surface area (Å²) in [6.45, 7) is 14.0. The molecule has 1 rings (SSSR count). The molecule has 1 aliphatic rings. The average Bonchev–Trinajstić information content (AvgIpc) is 2.28. The highest BCUT2D eigenvalue weighted by Gasteiger charge is 2.23. The van der Waals surface area contributed by atoms with Crippen molar-refractivity contribution in [3.8, 4) is 0 Å². The molecule has 1 atom stereocenters. The van der Waals surface area contributed by atoms with Crippen molar-refractivity contribution in [2.45, 2.75) is 47.0 Å². The Morgan fingerprint density at radius 1 is 1.12 bits per heavy atom. The topological polar surface area (TPSA) is 29.3 Å². The van der Waals surface area contributed by atoms with Gasteiger partial charge in [0.05, 0.1) is 0 Å². The molecule has 1 heterocycles. The quantitative estimate of drug-likeness (QED) is 0.773. The summed E-state index contributed by atoms with van der Waals surface area (Å²) in [4.78, 5) is 2.64. The SMILES string of the molecule is CC(C)CC(CN)CN1CCC(C(C)C)CC1. The zero-order chi connectivity index (χ0) is 12.8. The van der Waals surface area contributed by atoms with Crippen LogP contribution in [0, 0.1) is 23.7 Å². The summed E-state index contributed by atoms with van der Waals surface area (Å²) in [5.74, 6) is 3.29. The maximum atomic E-state index is 5.89. The van der Waals surface area contributed by atoms with Crippen LogP contribution >= 0.6 is 0 Å². The van der Waals surface area contributed by atoms with Gasteiger partial charge in [-0.3, -0.25) is 0 Å². The molecule has 0 spiro atoms. The summed E-state index contributed by atoms with van der Waals surface area (Å²) in [7, 11) is 0. The normalized spacial score (nSPS) is 21.4. The van der Waals surface area contributed by atoms with E-state index in [1.165, 1.54) is 38.9 Å². The standard InChI is InChI=1S/C15H32N2/c1-12(2)9-14(10-16)11-17-7-5-15(6-8-17)13(3)4/h12-15H,5-11,16H2,1-4H3. The molecule has 0 radical (unpaired) electrons. The molecule has 0 bridgehead atoms. The lowest BCUT2D eigenvalue weighted by Crippen LogP contribution is -2.40. The summed E-state index contributed by atoms with van der Waals surface area (Å²) >= 11 is 0. The second-order valence-corrected chi connectivity index (χ2v) is 6.61. The fourth-order valence-electron chi connectivity index (χ4n) is 3.08. The Morgan fingerprint density at radius 2 is 1.71 bits per heavy atom. The molecule has 2 nitrogen and oxygen atoms in total. The largest absolute Gasteiger partial charge is 0.330 e.